The number of phenolic OH excluding ortho intramolecular Hbond substituents is 2. The molecule has 0 aliphatic rings. The summed E-state index contributed by atoms with van der Waals surface area (Å²) < 4.78 is 10.3. The summed E-state index contributed by atoms with van der Waals surface area (Å²) in [5.74, 6) is -1.69. The van der Waals surface area contributed by atoms with Gasteiger partial charge in [-0.05, 0) is 76.9 Å². The predicted octanol–water partition coefficient (Wildman–Crippen LogP) is 3.58. The molecule has 0 spiro atoms. The summed E-state index contributed by atoms with van der Waals surface area (Å²) in [7, 11) is 0. The minimum Gasteiger partial charge on any atom is -0.508 e. The van der Waals surface area contributed by atoms with Crippen LogP contribution in [-0.4, -0.2) is 69.8 Å². The number of hydrogen-bond donors (Lipinski definition) is 4. The highest BCUT2D eigenvalue weighted by Crippen LogP contribution is 2.28. The van der Waals surface area contributed by atoms with Crippen LogP contribution >= 0.6 is 0 Å². The molecule has 0 saturated heterocycles. The van der Waals surface area contributed by atoms with Gasteiger partial charge in [0.15, 0.2) is 0 Å². The summed E-state index contributed by atoms with van der Waals surface area (Å²) in [6, 6.07) is 9.29. The van der Waals surface area contributed by atoms with E-state index in [1.807, 2.05) is 0 Å². The number of nitrogens with zero attached hydrogens (tertiary/aromatic N) is 1. The molecule has 4 N–H and O–H groups in total. The molecule has 0 aliphatic carbocycles. The fourth-order valence-electron chi connectivity index (χ4n) is 4.13. The lowest BCUT2D eigenvalue weighted by molar-refractivity contribution is -0.145. The number of ether oxygens (including phenoxy) is 2. The van der Waals surface area contributed by atoms with Crippen LogP contribution in [0.5, 0.6) is 11.5 Å². The zero-order chi connectivity index (χ0) is 30.7. The summed E-state index contributed by atoms with van der Waals surface area (Å²) in [5, 5.41) is 25.2. The molecule has 0 fully saturated rings. The highest BCUT2D eigenvalue weighted by Gasteiger charge is 2.38. The monoisotopic (exact) mass is 571 g/mol. The summed E-state index contributed by atoms with van der Waals surface area (Å²) in [6.07, 6.45) is -0.837. The number of carbonyl (C=O) groups excluding carboxylic acids is 4. The van der Waals surface area contributed by atoms with E-state index in [9.17, 15) is 29.4 Å². The number of phenols is 2. The third kappa shape index (κ3) is 10.7. The molecule has 11 nitrogen and oxygen atoms in total. The number of aromatic hydroxyl groups is 2. The van der Waals surface area contributed by atoms with Gasteiger partial charge in [-0.3, -0.25) is 14.4 Å². The molecule has 2 aromatic carbocycles. The van der Waals surface area contributed by atoms with Gasteiger partial charge in [-0.2, -0.15) is 0 Å². The lowest BCUT2D eigenvalue weighted by Crippen LogP contribution is -2.55. The second kappa shape index (κ2) is 14.9. The lowest BCUT2D eigenvalue weighted by Gasteiger charge is -2.37. The maximum atomic E-state index is 14.2. The molecule has 2 unspecified atom stereocenters. The van der Waals surface area contributed by atoms with Crippen molar-refractivity contribution in [3.63, 3.8) is 0 Å². The Morgan fingerprint density at radius 2 is 1.63 bits per heavy atom. The van der Waals surface area contributed by atoms with Crippen molar-refractivity contribution in [3.05, 3.63) is 59.7 Å². The van der Waals surface area contributed by atoms with E-state index in [1.165, 1.54) is 29.2 Å². The second-order valence-corrected chi connectivity index (χ2v) is 10.8. The molecule has 0 radical (unpaired) electrons. The van der Waals surface area contributed by atoms with Crippen LogP contribution in [0.3, 0.4) is 0 Å². The first-order valence-electron chi connectivity index (χ1n) is 13.5. The molecule has 41 heavy (non-hydrogen) atoms. The largest absolute Gasteiger partial charge is 0.508 e. The van der Waals surface area contributed by atoms with Crippen molar-refractivity contribution in [2.24, 2.45) is 0 Å². The highest BCUT2D eigenvalue weighted by atomic mass is 16.6. The first kappa shape index (κ1) is 32.9. The van der Waals surface area contributed by atoms with Gasteiger partial charge in [0.05, 0.1) is 13.0 Å². The molecule has 0 heterocycles. The molecule has 224 valence electrons. The SMILES string of the molecule is CCOC(=O)CCNC(=O)C(c1cccc(O)c1)N(C(=O)C(Cc1ccc(O)cc1)NC(=O)OC(C)(C)C)C(C)C. The fraction of sp³-hybridized carbons (Fsp3) is 0.467. The Labute approximate surface area is 240 Å². The van der Waals surface area contributed by atoms with Crippen LogP contribution in [0.1, 0.15) is 65.1 Å². The quantitative estimate of drug-likeness (QED) is 0.282. The molecule has 2 atom stereocenters. The lowest BCUT2D eigenvalue weighted by atomic mass is 9.98. The van der Waals surface area contributed by atoms with Gasteiger partial charge in [-0.15, -0.1) is 0 Å². The second-order valence-electron chi connectivity index (χ2n) is 10.8. The third-order valence-corrected chi connectivity index (χ3v) is 5.82. The fourth-order valence-corrected chi connectivity index (χ4v) is 4.13. The van der Waals surface area contributed by atoms with Crippen LogP contribution in [0.2, 0.25) is 0 Å². The van der Waals surface area contributed by atoms with E-state index in [2.05, 4.69) is 10.6 Å². The highest BCUT2D eigenvalue weighted by molar-refractivity contribution is 5.92. The first-order valence-corrected chi connectivity index (χ1v) is 13.5. The van der Waals surface area contributed by atoms with Crippen LogP contribution in [0, 0.1) is 0 Å². The smallest absolute Gasteiger partial charge is 0.408 e. The van der Waals surface area contributed by atoms with Crippen molar-refractivity contribution in [1.82, 2.24) is 15.5 Å². The Morgan fingerprint density at radius 3 is 2.20 bits per heavy atom. The summed E-state index contributed by atoms with van der Waals surface area (Å²) >= 11 is 0. The molecular weight excluding hydrogens is 530 g/mol. The number of benzene rings is 2. The van der Waals surface area contributed by atoms with Gasteiger partial charge in [0, 0.05) is 19.0 Å². The van der Waals surface area contributed by atoms with E-state index < -0.39 is 47.6 Å². The first-order chi connectivity index (χ1) is 19.2. The molecule has 2 aromatic rings. The van der Waals surface area contributed by atoms with Crippen LogP contribution in [-0.2, 0) is 30.3 Å². The van der Waals surface area contributed by atoms with E-state index in [0.717, 1.165) is 0 Å². The number of alkyl carbamates (subject to hydrolysis) is 1. The minimum absolute atomic E-state index is 0.0276. The zero-order valence-electron chi connectivity index (χ0n) is 24.5. The van der Waals surface area contributed by atoms with E-state index in [1.54, 1.807) is 65.8 Å². The molecule has 0 aromatic heterocycles. The Bertz CT molecular complexity index is 1190. The number of nitrogens with one attached hydrogen (secondary N) is 2. The molecule has 11 heteroatoms. The molecule has 0 aliphatic heterocycles. The van der Waals surface area contributed by atoms with E-state index in [-0.39, 0.29) is 37.5 Å². The molecule has 2 rings (SSSR count). The van der Waals surface area contributed by atoms with Gasteiger partial charge in [0.25, 0.3) is 0 Å². The predicted molar refractivity (Wildman–Crippen MR) is 152 cm³/mol. The van der Waals surface area contributed by atoms with Gasteiger partial charge in [0.1, 0.15) is 29.2 Å². The summed E-state index contributed by atoms with van der Waals surface area (Å²) in [5.41, 5.74) is 0.159. The maximum Gasteiger partial charge on any atom is 0.408 e. The number of amides is 3. The van der Waals surface area contributed by atoms with Crippen molar-refractivity contribution in [2.75, 3.05) is 13.2 Å². The number of rotatable bonds is 12. The van der Waals surface area contributed by atoms with Gasteiger partial charge in [0.2, 0.25) is 11.8 Å². The van der Waals surface area contributed by atoms with Crippen LogP contribution in [0.15, 0.2) is 48.5 Å². The topological polar surface area (TPSA) is 154 Å². The van der Waals surface area contributed by atoms with Crippen LogP contribution in [0.4, 0.5) is 4.79 Å². The Balaban J connectivity index is 2.48. The van der Waals surface area contributed by atoms with E-state index in [4.69, 9.17) is 9.47 Å². The standard InChI is InChI=1S/C30H41N3O8/c1-7-40-25(36)15-16-31-27(37)26(21-9-8-10-23(35)18-21)33(19(2)3)28(38)24(32-29(39)41-30(4,5)6)17-20-11-13-22(34)14-12-20/h8-14,18-19,24,26,34-35H,7,15-17H2,1-6H3,(H,31,37)(H,32,39). The molecule has 0 bridgehead atoms. The Kier molecular flexibility index (Phi) is 12.0. The third-order valence-electron chi connectivity index (χ3n) is 5.82. The van der Waals surface area contributed by atoms with E-state index >= 15 is 0 Å². The Morgan fingerprint density at radius 1 is 0.976 bits per heavy atom. The van der Waals surface area contributed by atoms with Crippen molar-refractivity contribution >= 4 is 23.9 Å². The summed E-state index contributed by atoms with van der Waals surface area (Å²) in [4.78, 5) is 53.7. The average Bonchev–Trinajstić information content (AvgIpc) is 2.86. The van der Waals surface area contributed by atoms with Crippen LogP contribution < -0.4 is 10.6 Å². The van der Waals surface area contributed by atoms with E-state index in [0.29, 0.717) is 11.1 Å². The summed E-state index contributed by atoms with van der Waals surface area (Å²) in [6.45, 7) is 10.4. The van der Waals surface area contributed by atoms with Gasteiger partial charge in [-0.25, -0.2) is 4.79 Å². The average molecular weight is 572 g/mol. The molecule has 0 saturated carbocycles. The van der Waals surface area contributed by atoms with Gasteiger partial charge < -0.3 is 35.2 Å². The number of esters is 1. The molecular formula is C30H41N3O8. The minimum atomic E-state index is -1.21. The van der Waals surface area contributed by atoms with Crippen molar-refractivity contribution < 1.29 is 38.9 Å². The zero-order valence-corrected chi connectivity index (χ0v) is 24.5. The van der Waals surface area contributed by atoms with Crippen LogP contribution in [0.25, 0.3) is 0 Å². The van der Waals surface area contributed by atoms with Crippen molar-refractivity contribution in [2.45, 2.75) is 78.1 Å². The maximum absolute atomic E-state index is 14.2. The number of carbonyl (C=O) groups is 4. The Hall–Kier alpha value is -4.28. The van der Waals surface area contributed by atoms with Crippen molar-refractivity contribution in [3.8, 4) is 11.5 Å². The normalized spacial score (nSPS) is 12.7. The molecule has 3 amide bonds. The number of hydrogen-bond acceptors (Lipinski definition) is 8. The van der Waals surface area contributed by atoms with Gasteiger partial charge in [-0.1, -0.05) is 24.3 Å². The van der Waals surface area contributed by atoms with Crippen molar-refractivity contribution in [1.29, 1.82) is 0 Å². The van der Waals surface area contributed by atoms with Gasteiger partial charge >= 0.3 is 12.1 Å².